The van der Waals surface area contributed by atoms with Crippen LogP contribution in [0.4, 0.5) is 0 Å². The molecule has 2 aromatic rings. The molecule has 6 nitrogen and oxygen atoms in total. The molecular formula is C27H32N2O4. The minimum Gasteiger partial charge on any atom is -0.507 e. The number of carbonyl (C=O) groups excluding carboxylic acids is 2. The molecular weight excluding hydrogens is 416 g/mol. The van der Waals surface area contributed by atoms with E-state index in [4.69, 9.17) is 4.74 Å². The average molecular weight is 449 g/mol. The number of amides is 1. The molecule has 0 spiro atoms. The second-order valence-electron chi connectivity index (χ2n) is 8.74. The summed E-state index contributed by atoms with van der Waals surface area (Å²) in [7, 11) is 3.83. The van der Waals surface area contributed by atoms with Crippen LogP contribution in [0.3, 0.4) is 0 Å². The lowest BCUT2D eigenvalue weighted by atomic mass is 9.93. The Bertz CT molecular complexity index is 1040. The van der Waals surface area contributed by atoms with Gasteiger partial charge in [0, 0.05) is 18.7 Å². The maximum absolute atomic E-state index is 13.1. The van der Waals surface area contributed by atoms with E-state index in [0.29, 0.717) is 36.9 Å². The van der Waals surface area contributed by atoms with Crippen molar-refractivity contribution in [1.29, 1.82) is 0 Å². The quantitative estimate of drug-likeness (QED) is 0.267. The van der Waals surface area contributed by atoms with Crippen molar-refractivity contribution in [3.63, 3.8) is 0 Å². The van der Waals surface area contributed by atoms with Gasteiger partial charge in [0.05, 0.1) is 11.6 Å². The van der Waals surface area contributed by atoms with Crippen molar-refractivity contribution < 1.29 is 19.4 Å². The zero-order chi connectivity index (χ0) is 24.1. The highest BCUT2D eigenvalue weighted by atomic mass is 16.5. The summed E-state index contributed by atoms with van der Waals surface area (Å²) in [6, 6.07) is 14.0. The van der Waals surface area contributed by atoms with Crippen molar-refractivity contribution in [2.45, 2.75) is 25.8 Å². The summed E-state index contributed by atoms with van der Waals surface area (Å²) >= 11 is 0. The third-order valence-corrected chi connectivity index (χ3v) is 5.74. The monoisotopic (exact) mass is 448 g/mol. The van der Waals surface area contributed by atoms with Crippen LogP contribution in [-0.4, -0.2) is 60.4 Å². The zero-order valence-corrected chi connectivity index (χ0v) is 19.7. The summed E-state index contributed by atoms with van der Waals surface area (Å²) in [6.07, 6.45) is 1.65. The van der Waals surface area contributed by atoms with Crippen LogP contribution in [0.25, 0.3) is 5.76 Å². The minimum absolute atomic E-state index is 0.107. The van der Waals surface area contributed by atoms with Gasteiger partial charge in [0.25, 0.3) is 11.7 Å². The Morgan fingerprint density at radius 2 is 1.76 bits per heavy atom. The Hall–Kier alpha value is -3.38. The predicted octanol–water partition coefficient (Wildman–Crippen LogP) is 4.36. The average Bonchev–Trinajstić information content (AvgIpc) is 3.06. The van der Waals surface area contributed by atoms with E-state index >= 15 is 0 Å². The van der Waals surface area contributed by atoms with Crippen molar-refractivity contribution in [3.05, 3.63) is 83.4 Å². The first kappa shape index (κ1) is 24.3. The van der Waals surface area contributed by atoms with Crippen molar-refractivity contribution in [1.82, 2.24) is 9.80 Å². The molecule has 3 rings (SSSR count). The van der Waals surface area contributed by atoms with Crippen LogP contribution in [0.5, 0.6) is 5.75 Å². The number of rotatable bonds is 9. The van der Waals surface area contributed by atoms with E-state index in [1.165, 1.54) is 5.56 Å². The van der Waals surface area contributed by atoms with Crippen molar-refractivity contribution in [2.24, 2.45) is 0 Å². The number of likely N-dealkylation sites (tertiary alicyclic amines) is 1. The number of aliphatic hydroxyl groups excluding tert-OH is 1. The number of hydrogen-bond donors (Lipinski definition) is 1. The first-order valence-electron chi connectivity index (χ1n) is 11.1. The van der Waals surface area contributed by atoms with Gasteiger partial charge >= 0.3 is 0 Å². The number of carbonyl (C=O) groups is 2. The van der Waals surface area contributed by atoms with Crippen LogP contribution in [0.15, 0.2) is 66.8 Å². The molecule has 0 bridgehead atoms. The van der Waals surface area contributed by atoms with Gasteiger partial charge in [-0.2, -0.15) is 0 Å². The number of likely N-dealkylation sites (N-methyl/N-ethyl adjacent to an activating group) is 1. The molecule has 1 fully saturated rings. The third kappa shape index (κ3) is 5.34. The van der Waals surface area contributed by atoms with E-state index in [0.717, 1.165) is 5.56 Å². The van der Waals surface area contributed by atoms with Gasteiger partial charge in [-0.05, 0) is 55.4 Å². The van der Waals surface area contributed by atoms with E-state index < -0.39 is 17.7 Å². The normalized spacial score (nSPS) is 17.8. The molecule has 0 radical (unpaired) electrons. The summed E-state index contributed by atoms with van der Waals surface area (Å²) < 4.78 is 5.50. The second kappa shape index (κ2) is 10.5. The molecule has 2 aromatic carbocycles. The minimum atomic E-state index is -0.670. The summed E-state index contributed by atoms with van der Waals surface area (Å²) in [6.45, 7) is 9.19. The van der Waals surface area contributed by atoms with Crippen molar-refractivity contribution >= 4 is 17.4 Å². The summed E-state index contributed by atoms with van der Waals surface area (Å²) in [5, 5.41) is 11.2. The maximum atomic E-state index is 13.1. The first-order valence-corrected chi connectivity index (χ1v) is 11.1. The number of aliphatic hydroxyl groups is 1. The van der Waals surface area contributed by atoms with Crippen LogP contribution in [0, 0.1) is 0 Å². The number of ether oxygens (including phenoxy) is 1. The molecule has 0 aliphatic carbocycles. The standard InChI is InChI=1S/C27H32N2O4/c1-6-17-33-22-13-11-21(12-14-22)25(30)23-24(20-9-7-19(8-10-20)18(2)3)29(16-15-28(4)5)27(32)26(23)31/h6-14,18,24,30H,1,15-17H2,2-5H3/b25-23-. The number of ketones is 1. The smallest absolute Gasteiger partial charge is 0.295 e. The molecule has 0 aromatic heterocycles. The number of benzene rings is 2. The Morgan fingerprint density at radius 1 is 1.12 bits per heavy atom. The topological polar surface area (TPSA) is 70.1 Å². The largest absolute Gasteiger partial charge is 0.507 e. The molecule has 1 amide bonds. The van der Waals surface area contributed by atoms with Crippen LogP contribution < -0.4 is 4.74 Å². The Labute approximate surface area is 195 Å². The van der Waals surface area contributed by atoms with Gasteiger partial charge in [-0.1, -0.05) is 50.8 Å². The van der Waals surface area contributed by atoms with Crippen molar-refractivity contribution in [2.75, 3.05) is 33.8 Å². The number of nitrogens with zero attached hydrogens (tertiary/aromatic N) is 2. The molecule has 1 saturated heterocycles. The van der Waals surface area contributed by atoms with E-state index in [2.05, 4.69) is 20.4 Å². The highest BCUT2D eigenvalue weighted by Crippen LogP contribution is 2.39. The third-order valence-electron chi connectivity index (χ3n) is 5.74. The Kier molecular flexibility index (Phi) is 7.71. The molecule has 1 atom stereocenters. The molecule has 1 aliphatic rings. The summed E-state index contributed by atoms with van der Waals surface area (Å²) in [5.74, 6) is -0.466. The molecule has 174 valence electrons. The van der Waals surface area contributed by atoms with E-state index in [9.17, 15) is 14.7 Å². The van der Waals surface area contributed by atoms with Gasteiger partial charge in [-0.15, -0.1) is 0 Å². The lowest BCUT2D eigenvalue weighted by Crippen LogP contribution is -2.35. The molecule has 1 aliphatic heterocycles. The van der Waals surface area contributed by atoms with Crippen LogP contribution >= 0.6 is 0 Å². The lowest BCUT2D eigenvalue weighted by molar-refractivity contribution is -0.140. The highest BCUT2D eigenvalue weighted by Gasteiger charge is 2.45. The summed E-state index contributed by atoms with van der Waals surface area (Å²) in [4.78, 5) is 29.6. The molecule has 1 heterocycles. The summed E-state index contributed by atoms with van der Waals surface area (Å²) in [5.41, 5.74) is 2.52. The fourth-order valence-corrected chi connectivity index (χ4v) is 3.85. The Morgan fingerprint density at radius 3 is 2.30 bits per heavy atom. The second-order valence-corrected chi connectivity index (χ2v) is 8.74. The lowest BCUT2D eigenvalue weighted by Gasteiger charge is -2.27. The van der Waals surface area contributed by atoms with E-state index in [1.54, 1.807) is 35.2 Å². The van der Waals surface area contributed by atoms with E-state index in [-0.39, 0.29) is 11.3 Å². The van der Waals surface area contributed by atoms with Crippen LogP contribution in [-0.2, 0) is 9.59 Å². The number of Topliss-reactive ketones (excluding diaryl/α,β-unsaturated/α-hetero) is 1. The first-order chi connectivity index (χ1) is 15.7. The molecule has 0 saturated carbocycles. The van der Waals surface area contributed by atoms with Crippen LogP contribution in [0.1, 0.15) is 42.5 Å². The SMILES string of the molecule is C=CCOc1ccc(/C(O)=C2/C(=O)C(=O)N(CCN(C)C)C2c2ccc(C(C)C)cc2)cc1. The molecule has 1 N–H and O–H groups in total. The fraction of sp³-hybridized carbons (Fsp3) is 0.333. The highest BCUT2D eigenvalue weighted by molar-refractivity contribution is 6.46. The maximum Gasteiger partial charge on any atom is 0.295 e. The molecule has 6 heteroatoms. The van der Waals surface area contributed by atoms with Gasteiger partial charge in [0.1, 0.15) is 18.1 Å². The predicted molar refractivity (Wildman–Crippen MR) is 130 cm³/mol. The van der Waals surface area contributed by atoms with Crippen LogP contribution in [0.2, 0.25) is 0 Å². The van der Waals surface area contributed by atoms with Gasteiger partial charge in [-0.25, -0.2) is 0 Å². The fourth-order valence-electron chi connectivity index (χ4n) is 3.85. The molecule has 1 unspecified atom stereocenters. The van der Waals surface area contributed by atoms with E-state index in [1.807, 2.05) is 43.3 Å². The number of hydrogen-bond acceptors (Lipinski definition) is 5. The zero-order valence-electron chi connectivity index (χ0n) is 19.7. The van der Waals surface area contributed by atoms with Gasteiger partial charge in [-0.3, -0.25) is 9.59 Å². The van der Waals surface area contributed by atoms with Gasteiger partial charge < -0.3 is 19.6 Å². The van der Waals surface area contributed by atoms with Gasteiger partial charge in [0.15, 0.2) is 0 Å². The van der Waals surface area contributed by atoms with Gasteiger partial charge in [0.2, 0.25) is 0 Å². The van der Waals surface area contributed by atoms with Crippen molar-refractivity contribution in [3.8, 4) is 5.75 Å². The molecule has 33 heavy (non-hydrogen) atoms. The Balaban J connectivity index is 2.06.